The Balaban J connectivity index is 2.44. The van der Waals surface area contributed by atoms with E-state index in [0.29, 0.717) is 32.0 Å². The number of ether oxygens (including phenoxy) is 1. The molecule has 9 heteroatoms. The lowest BCUT2D eigenvalue weighted by Crippen LogP contribution is -2.41. The van der Waals surface area contributed by atoms with Gasteiger partial charge in [0.2, 0.25) is 10.0 Å². The molecule has 1 aliphatic heterocycles. The highest BCUT2D eigenvalue weighted by atomic mass is 32.2. The first-order valence-corrected chi connectivity index (χ1v) is 7.85. The minimum atomic E-state index is -4.02. The third-order valence-electron chi connectivity index (χ3n) is 3.11. The molecule has 0 unspecified atom stereocenters. The second kappa shape index (κ2) is 5.51. The lowest BCUT2D eigenvalue weighted by molar-refractivity contribution is 0.0296. The van der Waals surface area contributed by atoms with Crippen LogP contribution in [0.5, 0.6) is 0 Å². The molecule has 3 N–H and O–H groups in total. The van der Waals surface area contributed by atoms with E-state index in [0.717, 1.165) is 0 Å². The summed E-state index contributed by atoms with van der Waals surface area (Å²) >= 11 is 0. The van der Waals surface area contributed by atoms with Gasteiger partial charge in [-0.2, -0.15) is 5.10 Å². The topological polar surface area (TPSA) is 118 Å². The van der Waals surface area contributed by atoms with Crippen LogP contribution >= 0.6 is 0 Å². The van der Waals surface area contributed by atoms with Crippen molar-refractivity contribution in [3.05, 3.63) is 11.4 Å². The average molecular weight is 302 g/mol. The molecule has 0 atom stereocenters. The van der Waals surface area contributed by atoms with Crippen LogP contribution in [0.25, 0.3) is 0 Å². The van der Waals surface area contributed by atoms with E-state index < -0.39 is 15.9 Å². The molecule has 1 saturated heterocycles. The normalized spacial score (nSPS) is 16.7. The van der Waals surface area contributed by atoms with Crippen LogP contribution in [0, 0.1) is 0 Å². The molecular formula is C11H18N4O4S. The van der Waals surface area contributed by atoms with E-state index in [4.69, 9.17) is 9.88 Å². The number of nitrogens with zero attached hydrogens (tertiary/aromatic N) is 2. The van der Waals surface area contributed by atoms with Crippen molar-refractivity contribution in [2.75, 3.05) is 26.3 Å². The quantitative estimate of drug-likeness (QED) is 0.791. The van der Waals surface area contributed by atoms with Crippen LogP contribution in [-0.2, 0) is 14.8 Å². The number of carbonyl (C=O) groups is 1. The van der Waals surface area contributed by atoms with Crippen molar-refractivity contribution < 1.29 is 17.9 Å². The fourth-order valence-electron chi connectivity index (χ4n) is 2.09. The fraction of sp³-hybridized carbons (Fsp3) is 0.636. The standard InChI is InChI=1S/C11H18N4O4S/c1-7(2)8-10(20(12,17)18)9(14-13-8)11(16)15-3-5-19-6-4-15/h7H,3-6H2,1-2H3,(H,13,14)(H2,12,17,18). The van der Waals surface area contributed by atoms with E-state index in [-0.39, 0.29) is 16.5 Å². The Morgan fingerprint density at radius 2 is 2.00 bits per heavy atom. The second-order valence-corrected chi connectivity index (χ2v) is 6.42. The summed E-state index contributed by atoms with van der Waals surface area (Å²) in [7, 11) is -4.02. The summed E-state index contributed by atoms with van der Waals surface area (Å²) < 4.78 is 28.7. The van der Waals surface area contributed by atoms with Crippen molar-refractivity contribution in [1.82, 2.24) is 15.1 Å². The first kappa shape index (κ1) is 14.9. The van der Waals surface area contributed by atoms with Gasteiger partial charge in [0.1, 0.15) is 4.90 Å². The van der Waals surface area contributed by atoms with Crippen LogP contribution in [-0.4, -0.2) is 55.7 Å². The Morgan fingerprint density at radius 3 is 2.50 bits per heavy atom. The van der Waals surface area contributed by atoms with Crippen LogP contribution in [0.15, 0.2) is 4.90 Å². The summed E-state index contributed by atoms with van der Waals surface area (Å²) in [5.41, 5.74) is 0.210. The molecule has 2 rings (SSSR count). The van der Waals surface area contributed by atoms with Gasteiger partial charge in [0.25, 0.3) is 5.91 Å². The Hall–Kier alpha value is -1.45. The van der Waals surface area contributed by atoms with Gasteiger partial charge in [0.15, 0.2) is 5.69 Å². The van der Waals surface area contributed by atoms with Crippen LogP contribution < -0.4 is 5.14 Å². The molecule has 1 amide bonds. The Morgan fingerprint density at radius 1 is 1.40 bits per heavy atom. The smallest absolute Gasteiger partial charge is 0.275 e. The maximum Gasteiger partial charge on any atom is 0.275 e. The molecule has 8 nitrogen and oxygen atoms in total. The molecular weight excluding hydrogens is 284 g/mol. The molecule has 0 aliphatic carbocycles. The number of amides is 1. The first-order chi connectivity index (χ1) is 9.32. The van der Waals surface area contributed by atoms with Gasteiger partial charge in [-0.05, 0) is 5.92 Å². The fourth-order valence-corrected chi connectivity index (χ4v) is 3.08. The molecule has 0 radical (unpaired) electrons. The number of rotatable bonds is 3. The predicted molar refractivity (Wildman–Crippen MR) is 70.8 cm³/mol. The van der Waals surface area contributed by atoms with Gasteiger partial charge >= 0.3 is 0 Å². The minimum absolute atomic E-state index is 0.137. The lowest BCUT2D eigenvalue weighted by Gasteiger charge is -2.26. The third-order valence-corrected chi connectivity index (χ3v) is 4.09. The monoisotopic (exact) mass is 302 g/mol. The number of primary sulfonamides is 1. The average Bonchev–Trinajstić information content (AvgIpc) is 2.83. The molecule has 112 valence electrons. The third kappa shape index (κ3) is 2.84. The number of nitrogens with one attached hydrogen (secondary N) is 1. The summed E-state index contributed by atoms with van der Waals surface area (Å²) in [6.07, 6.45) is 0. The number of aromatic nitrogens is 2. The maximum atomic E-state index is 12.4. The first-order valence-electron chi connectivity index (χ1n) is 6.30. The van der Waals surface area contributed by atoms with E-state index in [1.807, 2.05) is 0 Å². The molecule has 1 fully saturated rings. The lowest BCUT2D eigenvalue weighted by atomic mass is 10.1. The number of aromatic amines is 1. The Labute approximate surface area is 117 Å². The largest absolute Gasteiger partial charge is 0.378 e. The predicted octanol–water partition coefficient (Wildman–Crippen LogP) is -0.347. The SMILES string of the molecule is CC(C)c1[nH]nc(C(=O)N2CCOCC2)c1S(N)(=O)=O. The second-order valence-electron chi connectivity index (χ2n) is 4.92. The summed E-state index contributed by atoms with van der Waals surface area (Å²) in [6.45, 7) is 5.27. The van der Waals surface area contributed by atoms with Crippen LogP contribution in [0.4, 0.5) is 0 Å². The summed E-state index contributed by atoms with van der Waals surface area (Å²) in [5.74, 6) is -0.581. The van der Waals surface area contributed by atoms with E-state index >= 15 is 0 Å². The van der Waals surface area contributed by atoms with Crippen LogP contribution in [0.1, 0.15) is 35.9 Å². The molecule has 1 aromatic rings. The number of nitrogens with two attached hydrogens (primary N) is 1. The van der Waals surface area contributed by atoms with Crippen molar-refractivity contribution in [3.8, 4) is 0 Å². The van der Waals surface area contributed by atoms with E-state index in [9.17, 15) is 13.2 Å². The number of H-pyrrole nitrogens is 1. The van der Waals surface area contributed by atoms with Gasteiger partial charge in [-0.1, -0.05) is 13.8 Å². The Kier molecular flexibility index (Phi) is 4.11. The van der Waals surface area contributed by atoms with Gasteiger partial charge in [0, 0.05) is 13.1 Å². The molecule has 0 bridgehead atoms. The van der Waals surface area contributed by atoms with Crippen molar-refractivity contribution in [1.29, 1.82) is 0 Å². The van der Waals surface area contributed by atoms with Crippen molar-refractivity contribution in [2.24, 2.45) is 5.14 Å². The van der Waals surface area contributed by atoms with Crippen molar-refractivity contribution in [3.63, 3.8) is 0 Å². The zero-order valence-electron chi connectivity index (χ0n) is 11.4. The molecule has 2 heterocycles. The molecule has 20 heavy (non-hydrogen) atoms. The summed E-state index contributed by atoms with van der Waals surface area (Å²) in [4.78, 5) is 13.7. The van der Waals surface area contributed by atoms with E-state index in [1.54, 1.807) is 13.8 Å². The molecule has 0 aromatic carbocycles. The van der Waals surface area contributed by atoms with Crippen molar-refractivity contribution >= 4 is 15.9 Å². The zero-order chi connectivity index (χ0) is 14.9. The van der Waals surface area contributed by atoms with E-state index in [2.05, 4.69) is 10.2 Å². The molecule has 1 aliphatic rings. The highest BCUT2D eigenvalue weighted by molar-refractivity contribution is 7.89. The maximum absolute atomic E-state index is 12.4. The van der Waals surface area contributed by atoms with Crippen LogP contribution in [0.3, 0.4) is 0 Å². The van der Waals surface area contributed by atoms with Gasteiger partial charge in [-0.15, -0.1) is 0 Å². The molecule has 0 spiro atoms. The summed E-state index contributed by atoms with van der Waals surface area (Å²) in [6, 6.07) is 0. The van der Waals surface area contributed by atoms with Crippen LogP contribution in [0.2, 0.25) is 0 Å². The number of morpholine rings is 1. The molecule has 1 aromatic heterocycles. The minimum Gasteiger partial charge on any atom is -0.378 e. The van der Waals surface area contributed by atoms with Gasteiger partial charge in [-0.3, -0.25) is 9.89 Å². The zero-order valence-corrected chi connectivity index (χ0v) is 12.2. The van der Waals surface area contributed by atoms with Gasteiger partial charge in [-0.25, -0.2) is 13.6 Å². The number of sulfonamides is 1. The van der Waals surface area contributed by atoms with E-state index in [1.165, 1.54) is 4.90 Å². The number of hydrogen-bond donors (Lipinski definition) is 2. The molecule has 0 saturated carbocycles. The highest BCUT2D eigenvalue weighted by Gasteiger charge is 2.31. The van der Waals surface area contributed by atoms with Crippen molar-refractivity contribution in [2.45, 2.75) is 24.7 Å². The highest BCUT2D eigenvalue weighted by Crippen LogP contribution is 2.24. The Bertz CT molecular complexity index is 602. The van der Waals surface area contributed by atoms with Gasteiger partial charge < -0.3 is 9.64 Å². The number of carbonyl (C=O) groups excluding carboxylic acids is 1. The number of hydrogen-bond acceptors (Lipinski definition) is 5. The summed E-state index contributed by atoms with van der Waals surface area (Å²) in [5, 5.41) is 11.7. The van der Waals surface area contributed by atoms with Gasteiger partial charge in [0.05, 0.1) is 18.9 Å².